The molecule has 122 valence electrons. The Kier molecular flexibility index (Phi) is 4.24. The van der Waals surface area contributed by atoms with Gasteiger partial charge in [-0.3, -0.25) is 4.98 Å². The predicted molar refractivity (Wildman–Crippen MR) is 88.3 cm³/mol. The van der Waals surface area contributed by atoms with Crippen LogP contribution in [0.1, 0.15) is 61.7 Å². The van der Waals surface area contributed by atoms with Crippen molar-refractivity contribution in [2.75, 3.05) is 6.54 Å². The van der Waals surface area contributed by atoms with Gasteiger partial charge >= 0.3 is 6.09 Å². The summed E-state index contributed by atoms with van der Waals surface area (Å²) in [7, 11) is 0. The smallest absolute Gasteiger partial charge is 0.407 e. The third-order valence-corrected chi connectivity index (χ3v) is 4.63. The summed E-state index contributed by atoms with van der Waals surface area (Å²) in [6.07, 6.45) is 1.79. The van der Waals surface area contributed by atoms with E-state index in [2.05, 4.69) is 33.0 Å². The summed E-state index contributed by atoms with van der Waals surface area (Å²) in [6, 6.07) is 0. The van der Waals surface area contributed by atoms with Gasteiger partial charge in [0.15, 0.2) is 0 Å². The lowest BCUT2D eigenvalue weighted by Crippen LogP contribution is -2.37. The van der Waals surface area contributed by atoms with Crippen molar-refractivity contribution in [2.45, 2.75) is 72.3 Å². The van der Waals surface area contributed by atoms with Gasteiger partial charge in [0, 0.05) is 17.7 Å². The number of alkyl carbamates (subject to hydrolysis) is 1. The van der Waals surface area contributed by atoms with Gasteiger partial charge in [0.1, 0.15) is 5.60 Å². The number of pyridine rings is 1. The Labute approximate surface area is 133 Å². The fourth-order valence-corrected chi connectivity index (χ4v) is 2.79. The molecule has 0 bridgehead atoms. The molecular formula is C18H28N2O2. The average molecular weight is 304 g/mol. The zero-order valence-electron chi connectivity index (χ0n) is 14.9. The summed E-state index contributed by atoms with van der Waals surface area (Å²) in [5.41, 5.74) is 5.58. The van der Waals surface area contributed by atoms with Crippen molar-refractivity contribution < 1.29 is 9.53 Å². The molecule has 4 nitrogen and oxygen atoms in total. The van der Waals surface area contributed by atoms with Crippen LogP contribution >= 0.6 is 0 Å². The second-order valence-corrected chi connectivity index (χ2v) is 7.56. The van der Waals surface area contributed by atoms with E-state index in [1.54, 1.807) is 0 Å². The molecule has 1 aromatic rings. The van der Waals surface area contributed by atoms with Gasteiger partial charge in [0.25, 0.3) is 0 Å². The van der Waals surface area contributed by atoms with E-state index in [9.17, 15) is 4.79 Å². The van der Waals surface area contributed by atoms with Crippen LogP contribution in [0.3, 0.4) is 0 Å². The number of nitrogens with zero attached hydrogens (tertiary/aromatic N) is 1. The molecule has 0 saturated heterocycles. The summed E-state index contributed by atoms with van der Waals surface area (Å²) in [5, 5.41) is 2.92. The molecular weight excluding hydrogens is 276 g/mol. The number of hydrogen-bond acceptors (Lipinski definition) is 3. The highest BCUT2D eigenvalue weighted by atomic mass is 16.6. The molecule has 1 N–H and O–H groups in total. The Morgan fingerprint density at radius 2 is 1.73 bits per heavy atom. The minimum absolute atomic E-state index is 0.00971. The van der Waals surface area contributed by atoms with E-state index in [-0.39, 0.29) is 11.5 Å². The number of rotatable bonds is 3. The van der Waals surface area contributed by atoms with Gasteiger partial charge in [0.2, 0.25) is 0 Å². The van der Waals surface area contributed by atoms with Crippen LogP contribution in [0.2, 0.25) is 0 Å². The summed E-state index contributed by atoms with van der Waals surface area (Å²) in [5.74, 6) is 0. The first-order chi connectivity index (χ1) is 10.1. The van der Waals surface area contributed by atoms with Gasteiger partial charge in [-0.1, -0.05) is 0 Å². The Morgan fingerprint density at radius 1 is 1.14 bits per heavy atom. The SMILES string of the molecule is Cc1nc(C2(CNC(=O)OC(C)(C)C)CC2)c(C)c(C)c1C. The van der Waals surface area contributed by atoms with Crippen molar-refractivity contribution in [1.29, 1.82) is 0 Å². The van der Waals surface area contributed by atoms with E-state index in [1.165, 1.54) is 16.7 Å². The predicted octanol–water partition coefficient (Wildman–Crippen LogP) is 3.87. The maximum atomic E-state index is 11.9. The van der Waals surface area contributed by atoms with Gasteiger partial charge < -0.3 is 10.1 Å². The normalized spacial score (nSPS) is 16.3. The van der Waals surface area contributed by atoms with Crippen molar-refractivity contribution in [3.63, 3.8) is 0 Å². The number of nitrogens with one attached hydrogen (secondary N) is 1. The highest BCUT2D eigenvalue weighted by molar-refractivity contribution is 5.68. The van der Waals surface area contributed by atoms with Crippen LogP contribution in [0.4, 0.5) is 4.79 Å². The largest absolute Gasteiger partial charge is 0.444 e. The number of carbonyl (C=O) groups is 1. The second kappa shape index (κ2) is 5.56. The Morgan fingerprint density at radius 3 is 2.23 bits per heavy atom. The van der Waals surface area contributed by atoms with Gasteiger partial charge in [-0.15, -0.1) is 0 Å². The van der Waals surface area contributed by atoms with Crippen molar-refractivity contribution in [3.05, 3.63) is 28.1 Å². The number of hydrogen-bond donors (Lipinski definition) is 1. The van der Waals surface area contributed by atoms with Crippen molar-refractivity contribution >= 4 is 6.09 Å². The number of amides is 1. The summed E-state index contributed by atoms with van der Waals surface area (Å²) >= 11 is 0. The topological polar surface area (TPSA) is 51.2 Å². The van der Waals surface area contributed by atoms with Crippen molar-refractivity contribution in [1.82, 2.24) is 10.3 Å². The van der Waals surface area contributed by atoms with Gasteiger partial charge in [0.05, 0.1) is 5.69 Å². The molecule has 0 aromatic carbocycles. The zero-order valence-corrected chi connectivity index (χ0v) is 14.9. The van der Waals surface area contributed by atoms with Crippen molar-refractivity contribution in [2.24, 2.45) is 0 Å². The number of carbonyl (C=O) groups excluding carboxylic acids is 1. The van der Waals surface area contributed by atoms with E-state index in [4.69, 9.17) is 9.72 Å². The van der Waals surface area contributed by atoms with E-state index in [0.717, 1.165) is 24.2 Å². The molecule has 4 heteroatoms. The van der Waals surface area contributed by atoms with Crippen LogP contribution in [0.15, 0.2) is 0 Å². The quantitative estimate of drug-likeness (QED) is 0.922. The Hall–Kier alpha value is -1.58. The van der Waals surface area contributed by atoms with Crippen LogP contribution in [0.5, 0.6) is 0 Å². The third-order valence-electron chi connectivity index (χ3n) is 4.63. The van der Waals surface area contributed by atoms with Crippen LogP contribution in [0, 0.1) is 27.7 Å². The number of ether oxygens (including phenoxy) is 1. The van der Waals surface area contributed by atoms with Gasteiger partial charge in [-0.25, -0.2) is 4.79 Å². The third kappa shape index (κ3) is 3.42. The molecule has 0 unspecified atom stereocenters. The molecule has 0 radical (unpaired) electrons. The molecule has 0 spiro atoms. The molecule has 1 fully saturated rings. The van der Waals surface area contributed by atoms with Crippen LogP contribution < -0.4 is 5.32 Å². The lowest BCUT2D eigenvalue weighted by atomic mass is 9.92. The van der Waals surface area contributed by atoms with Gasteiger partial charge in [-0.05, 0) is 78.0 Å². The van der Waals surface area contributed by atoms with E-state index in [1.807, 2.05) is 20.8 Å². The maximum Gasteiger partial charge on any atom is 0.407 e. The van der Waals surface area contributed by atoms with Crippen LogP contribution in [0.25, 0.3) is 0 Å². The van der Waals surface area contributed by atoms with Crippen LogP contribution in [-0.2, 0) is 10.2 Å². The molecule has 22 heavy (non-hydrogen) atoms. The highest BCUT2D eigenvalue weighted by Gasteiger charge is 2.47. The summed E-state index contributed by atoms with van der Waals surface area (Å²) in [4.78, 5) is 16.7. The lowest BCUT2D eigenvalue weighted by Gasteiger charge is -2.23. The van der Waals surface area contributed by atoms with Crippen molar-refractivity contribution in [3.8, 4) is 0 Å². The molecule has 1 aromatic heterocycles. The maximum absolute atomic E-state index is 11.9. The fourth-order valence-electron chi connectivity index (χ4n) is 2.79. The molecule has 2 rings (SSSR count). The Bertz CT molecular complexity index is 596. The van der Waals surface area contributed by atoms with Crippen LogP contribution in [-0.4, -0.2) is 23.2 Å². The van der Waals surface area contributed by atoms with E-state index in [0.29, 0.717) is 6.54 Å². The van der Waals surface area contributed by atoms with E-state index < -0.39 is 5.60 Å². The molecule has 0 aliphatic heterocycles. The lowest BCUT2D eigenvalue weighted by molar-refractivity contribution is 0.0522. The molecule has 1 aliphatic carbocycles. The number of aryl methyl sites for hydroxylation is 1. The fraction of sp³-hybridized carbons (Fsp3) is 0.667. The highest BCUT2D eigenvalue weighted by Crippen LogP contribution is 2.48. The second-order valence-electron chi connectivity index (χ2n) is 7.56. The first-order valence-corrected chi connectivity index (χ1v) is 7.97. The standard InChI is InChI=1S/C18H28N2O2/c1-11-12(2)14(4)20-15(13(11)3)18(8-9-18)10-19-16(21)22-17(5,6)7/h8-10H2,1-7H3,(H,19,21). The molecule has 1 saturated carbocycles. The minimum Gasteiger partial charge on any atom is -0.444 e. The first kappa shape index (κ1) is 16.8. The number of aromatic nitrogens is 1. The minimum atomic E-state index is -0.466. The zero-order chi connectivity index (χ0) is 16.7. The molecule has 1 heterocycles. The first-order valence-electron chi connectivity index (χ1n) is 7.97. The Balaban J connectivity index is 2.14. The monoisotopic (exact) mass is 304 g/mol. The molecule has 1 aliphatic rings. The molecule has 1 amide bonds. The summed E-state index contributed by atoms with van der Waals surface area (Å²) < 4.78 is 5.32. The summed E-state index contributed by atoms with van der Waals surface area (Å²) in [6.45, 7) is 14.7. The molecule has 0 atom stereocenters. The average Bonchev–Trinajstić information content (AvgIpc) is 3.17. The van der Waals surface area contributed by atoms with Gasteiger partial charge in [-0.2, -0.15) is 0 Å². The van der Waals surface area contributed by atoms with E-state index >= 15 is 0 Å².